The summed E-state index contributed by atoms with van der Waals surface area (Å²) in [6, 6.07) is 27.2. The lowest BCUT2D eigenvalue weighted by Gasteiger charge is -2.36. The Labute approximate surface area is 137 Å². The normalized spacial score (nSPS) is 14.7. The number of hydrogen-bond acceptors (Lipinski definition) is 1. The minimum atomic E-state index is -0.218. The molecule has 0 amide bonds. The highest BCUT2D eigenvalue weighted by atomic mass is 127. The summed E-state index contributed by atoms with van der Waals surface area (Å²) in [5.74, 6) is 1.88. The predicted octanol–water partition coefficient (Wildman–Crippen LogP) is 5.52. The second-order valence-electron chi connectivity index (χ2n) is 5.12. The number of para-hydroxylation sites is 2. The van der Waals surface area contributed by atoms with Gasteiger partial charge in [-0.25, -0.2) is 0 Å². The van der Waals surface area contributed by atoms with Gasteiger partial charge < -0.3 is 4.74 Å². The van der Waals surface area contributed by atoms with Crippen LogP contribution in [0.15, 0.2) is 78.9 Å². The monoisotopic (exact) mass is 384 g/mol. The van der Waals surface area contributed by atoms with Crippen molar-refractivity contribution in [3.8, 4) is 11.5 Å². The Bertz CT molecular complexity index is 750. The maximum Gasteiger partial charge on any atom is 0.132 e. The number of fused-ring (bicyclic) bond motifs is 2. The van der Waals surface area contributed by atoms with Gasteiger partial charge in [-0.15, -0.1) is 0 Å². The van der Waals surface area contributed by atoms with Crippen LogP contribution in [0, 0.1) is 0 Å². The molecule has 0 aromatic heterocycles. The molecule has 0 saturated carbocycles. The Morgan fingerprint density at radius 1 is 0.619 bits per heavy atom. The van der Waals surface area contributed by atoms with Gasteiger partial charge in [0.1, 0.15) is 14.9 Å². The van der Waals surface area contributed by atoms with Crippen molar-refractivity contribution in [1.82, 2.24) is 0 Å². The number of halogens is 1. The number of alkyl halides is 1. The van der Waals surface area contributed by atoms with Crippen LogP contribution >= 0.6 is 22.6 Å². The third-order valence-corrected chi connectivity index (χ3v) is 5.69. The third kappa shape index (κ3) is 1.89. The van der Waals surface area contributed by atoms with E-state index in [-0.39, 0.29) is 3.42 Å². The summed E-state index contributed by atoms with van der Waals surface area (Å²) in [6.45, 7) is 0. The zero-order valence-electron chi connectivity index (χ0n) is 11.3. The molecule has 0 atom stereocenters. The SMILES string of the molecule is IC1(c2ccccc2)c2ccccc2Oc2ccccc21. The van der Waals surface area contributed by atoms with E-state index < -0.39 is 0 Å². The molecule has 0 fully saturated rings. The fourth-order valence-electron chi connectivity index (χ4n) is 2.92. The maximum absolute atomic E-state index is 6.09. The van der Waals surface area contributed by atoms with Gasteiger partial charge >= 0.3 is 0 Å². The first kappa shape index (κ1) is 12.9. The molecule has 1 aliphatic heterocycles. The minimum Gasteiger partial charge on any atom is -0.457 e. The van der Waals surface area contributed by atoms with Crippen LogP contribution < -0.4 is 4.74 Å². The molecular weight excluding hydrogens is 371 g/mol. The summed E-state index contributed by atoms with van der Waals surface area (Å²) in [7, 11) is 0. The average Bonchev–Trinajstić information content (AvgIpc) is 2.56. The van der Waals surface area contributed by atoms with Crippen LogP contribution in [0.2, 0.25) is 0 Å². The number of hydrogen-bond donors (Lipinski definition) is 0. The zero-order valence-corrected chi connectivity index (χ0v) is 13.4. The molecule has 102 valence electrons. The van der Waals surface area contributed by atoms with E-state index in [1.165, 1.54) is 16.7 Å². The lowest BCUT2D eigenvalue weighted by Crippen LogP contribution is -2.25. The van der Waals surface area contributed by atoms with E-state index in [1.807, 2.05) is 24.3 Å². The van der Waals surface area contributed by atoms with Gasteiger partial charge in [-0.1, -0.05) is 89.3 Å². The van der Waals surface area contributed by atoms with Crippen LogP contribution in [-0.4, -0.2) is 0 Å². The second kappa shape index (κ2) is 4.88. The van der Waals surface area contributed by atoms with Gasteiger partial charge in [0.15, 0.2) is 0 Å². The summed E-state index contributed by atoms with van der Waals surface area (Å²) in [5, 5.41) is 0. The number of ether oxygens (including phenoxy) is 1. The molecule has 4 rings (SSSR count). The molecule has 0 radical (unpaired) electrons. The van der Waals surface area contributed by atoms with Crippen molar-refractivity contribution < 1.29 is 4.74 Å². The lowest BCUT2D eigenvalue weighted by atomic mass is 9.82. The molecule has 3 aromatic rings. The minimum absolute atomic E-state index is 0.218. The number of benzene rings is 3. The summed E-state index contributed by atoms with van der Waals surface area (Å²) in [4.78, 5) is 0. The topological polar surface area (TPSA) is 9.23 Å². The van der Waals surface area contributed by atoms with Gasteiger partial charge in [0, 0.05) is 11.1 Å². The standard InChI is InChI=1S/C19H13IO/c20-19(14-8-2-1-3-9-14)15-10-4-6-12-17(15)21-18-13-7-5-11-16(18)19/h1-13H. The summed E-state index contributed by atoms with van der Waals surface area (Å²) >= 11 is 2.56. The van der Waals surface area contributed by atoms with Crippen molar-refractivity contribution in [2.75, 3.05) is 0 Å². The molecule has 1 heterocycles. The first-order chi connectivity index (χ1) is 10.3. The first-order valence-corrected chi connectivity index (χ1v) is 7.99. The van der Waals surface area contributed by atoms with Gasteiger partial charge in [0.05, 0.1) is 0 Å². The van der Waals surface area contributed by atoms with Gasteiger partial charge in [-0.3, -0.25) is 0 Å². The molecule has 0 unspecified atom stereocenters. The molecule has 21 heavy (non-hydrogen) atoms. The maximum atomic E-state index is 6.09. The van der Waals surface area contributed by atoms with E-state index in [2.05, 4.69) is 77.2 Å². The Hall–Kier alpha value is -1.81. The Morgan fingerprint density at radius 3 is 1.67 bits per heavy atom. The third-order valence-electron chi connectivity index (χ3n) is 3.91. The molecular formula is C19H13IO. The van der Waals surface area contributed by atoms with E-state index >= 15 is 0 Å². The highest BCUT2D eigenvalue weighted by Gasteiger charge is 2.41. The molecule has 0 aliphatic carbocycles. The van der Waals surface area contributed by atoms with E-state index in [4.69, 9.17) is 4.74 Å². The van der Waals surface area contributed by atoms with Gasteiger partial charge in [0.2, 0.25) is 0 Å². The fourth-order valence-corrected chi connectivity index (χ4v) is 4.17. The smallest absolute Gasteiger partial charge is 0.132 e. The Balaban J connectivity index is 2.06. The van der Waals surface area contributed by atoms with E-state index in [0.717, 1.165) is 11.5 Å². The molecule has 1 aliphatic rings. The highest BCUT2D eigenvalue weighted by molar-refractivity contribution is 14.1. The summed E-state index contributed by atoms with van der Waals surface area (Å²) in [5.41, 5.74) is 3.68. The molecule has 0 N–H and O–H groups in total. The molecule has 0 bridgehead atoms. The van der Waals surface area contributed by atoms with Crippen molar-refractivity contribution in [3.05, 3.63) is 95.6 Å². The summed E-state index contributed by atoms with van der Waals surface area (Å²) < 4.78 is 5.87. The van der Waals surface area contributed by atoms with Crippen LogP contribution in [-0.2, 0) is 3.42 Å². The lowest BCUT2D eigenvalue weighted by molar-refractivity contribution is 0.450. The van der Waals surface area contributed by atoms with E-state index in [9.17, 15) is 0 Å². The molecule has 1 nitrogen and oxygen atoms in total. The zero-order chi connectivity index (χ0) is 14.3. The number of rotatable bonds is 1. The van der Waals surface area contributed by atoms with Crippen LogP contribution in [0.3, 0.4) is 0 Å². The van der Waals surface area contributed by atoms with E-state index in [1.54, 1.807) is 0 Å². The molecule has 3 aromatic carbocycles. The van der Waals surface area contributed by atoms with Crippen molar-refractivity contribution >= 4 is 22.6 Å². The molecule has 2 heteroatoms. The fraction of sp³-hybridized carbons (Fsp3) is 0.0526. The quantitative estimate of drug-likeness (QED) is 0.397. The largest absolute Gasteiger partial charge is 0.457 e. The van der Waals surface area contributed by atoms with Gasteiger partial charge in [-0.05, 0) is 17.7 Å². The van der Waals surface area contributed by atoms with Crippen LogP contribution in [0.4, 0.5) is 0 Å². The van der Waals surface area contributed by atoms with Crippen molar-refractivity contribution in [1.29, 1.82) is 0 Å². The average molecular weight is 384 g/mol. The highest BCUT2D eigenvalue weighted by Crippen LogP contribution is 2.55. The Morgan fingerprint density at radius 2 is 1.10 bits per heavy atom. The van der Waals surface area contributed by atoms with Crippen LogP contribution in [0.1, 0.15) is 16.7 Å². The van der Waals surface area contributed by atoms with Crippen molar-refractivity contribution in [2.24, 2.45) is 0 Å². The van der Waals surface area contributed by atoms with Crippen molar-refractivity contribution in [3.63, 3.8) is 0 Å². The molecule has 0 saturated heterocycles. The predicted molar refractivity (Wildman–Crippen MR) is 93.3 cm³/mol. The first-order valence-electron chi connectivity index (χ1n) is 6.91. The van der Waals surface area contributed by atoms with Crippen LogP contribution in [0.25, 0.3) is 0 Å². The summed E-state index contributed by atoms with van der Waals surface area (Å²) in [6.07, 6.45) is 0. The van der Waals surface area contributed by atoms with Gasteiger partial charge in [-0.2, -0.15) is 0 Å². The van der Waals surface area contributed by atoms with Gasteiger partial charge in [0.25, 0.3) is 0 Å². The Kier molecular flexibility index (Phi) is 3.00. The molecule has 0 spiro atoms. The van der Waals surface area contributed by atoms with E-state index in [0.29, 0.717) is 0 Å². The van der Waals surface area contributed by atoms with Crippen molar-refractivity contribution in [2.45, 2.75) is 3.42 Å². The van der Waals surface area contributed by atoms with Crippen LogP contribution in [0.5, 0.6) is 11.5 Å². The second-order valence-corrected chi connectivity index (χ2v) is 6.74.